The van der Waals surface area contributed by atoms with Crippen LogP contribution in [0.4, 0.5) is 0 Å². The molecule has 0 unspecified atom stereocenters. The molecular weight excluding hydrogens is 222 g/mol. The summed E-state index contributed by atoms with van der Waals surface area (Å²) >= 11 is 0. The van der Waals surface area contributed by atoms with Crippen LogP contribution in [0.25, 0.3) is 11.1 Å². The molecule has 2 aromatic rings. The first-order chi connectivity index (χ1) is 8.23. The fourth-order valence-electron chi connectivity index (χ4n) is 1.73. The number of hydrogen-bond donors (Lipinski definition) is 0. The highest BCUT2D eigenvalue weighted by Gasteiger charge is 2.38. The molecular formula is C12H11NO4. The first-order valence-electron chi connectivity index (χ1n) is 5.17. The van der Waals surface area contributed by atoms with Crippen LogP contribution in [-0.4, -0.2) is 12.1 Å². The van der Waals surface area contributed by atoms with Gasteiger partial charge in [0.1, 0.15) is 18.3 Å². The maximum Gasteiger partial charge on any atom is 0.325 e. The summed E-state index contributed by atoms with van der Waals surface area (Å²) in [4.78, 5) is 4.36. The SMILES string of the molecule is COc1cccc2oc(C3(C)OC=CO3)nc12. The summed E-state index contributed by atoms with van der Waals surface area (Å²) in [5.74, 6) is 0.0263. The number of aromatic nitrogens is 1. The van der Waals surface area contributed by atoms with E-state index in [1.807, 2.05) is 18.2 Å². The van der Waals surface area contributed by atoms with Crippen LogP contribution in [0.2, 0.25) is 0 Å². The summed E-state index contributed by atoms with van der Waals surface area (Å²) in [5, 5.41) is 0. The van der Waals surface area contributed by atoms with Gasteiger partial charge in [0.25, 0.3) is 5.89 Å². The Balaban J connectivity index is 2.13. The Morgan fingerprint density at radius 2 is 2.00 bits per heavy atom. The fourth-order valence-corrected chi connectivity index (χ4v) is 1.73. The lowest BCUT2D eigenvalue weighted by atomic mass is 10.3. The summed E-state index contributed by atoms with van der Waals surface area (Å²) in [7, 11) is 1.59. The van der Waals surface area contributed by atoms with Crippen molar-refractivity contribution in [3.05, 3.63) is 36.6 Å². The van der Waals surface area contributed by atoms with Crippen LogP contribution in [0.3, 0.4) is 0 Å². The third-order valence-electron chi connectivity index (χ3n) is 2.63. The second-order valence-corrected chi connectivity index (χ2v) is 3.78. The molecule has 0 bridgehead atoms. The van der Waals surface area contributed by atoms with Crippen LogP contribution in [0.5, 0.6) is 5.75 Å². The topological polar surface area (TPSA) is 53.7 Å². The molecule has 5 nitrogen and oxygen atoms in total. The maximum absolute atomic E-state index is 5.62. The van der Waals surface area contributed by atoms with Gasteiger partial charge in [0.2, 0.25) is 0 Å². The zero-order valence-electron chi connectivity index (χ0n) is 9.47. The van der Waals surface area contributed by atoms with Crippen molar-refractivity contribution in [3.63, 3.8) is 0 Å². The van der Waals surface area contributed by atoms with Crippen molar-refractivity contribution in [1.29, 1.82) is 0 Å². The van der Waals surface area contributed by atoms with E-state index in [1.54, 1.807) is 14.0 Å². The van der Waals surface area contributed by atoms with Crippen LogP contribution in [0, 0.1) is 0 Å². The Labute approximate surface area is 97.6 Å². The number of rotatable bonds is 2. The Hall–Kier alpha value is -2.17. The van der Waals surface area contributed by atoms with Gasteiger partial charge in [0.05, 0.1) is 7.11 Å². The van der Waals surface area contributed by atoms with Gasteiger partial charge in [0.15, 0.2) is 11.1 Å². The van der Waals surface area contributed by atoms with Crippen LogP contribution in [-0.2, 0) is 15.3 Å². The monoisotopic (exact) mass is 233 g/mol. The average molecular weight is 233 g/mol. The third-order valence-corrected chi connectivity index (χ3v) is 2.63. The van der Waals surface area contributed by atoms with E-state index in [2.05, 4.69) is 4.98 Å². The first kappa shape index (κ1) is 10.0. The van der Waals surface area contributed by atoms with Crippen molar-refractivity contribution < 1.29 is 18.6 Å². The molecule has 0 amide bonds. The van der Waals surface area contributed by atoms with E-state index in [0.717, 1.165) is 0 Å². The van der Waals surface area contributed by atoms with Gasteiger partial charge in [-0.2, -0.15) is 0 Å². The minimum absolute atomic E-state index is 0.363. The van der Waals surface area contributed by atoms with Gasteiger partial charge in [-0.3, -0.25) is 0 Å². The maximum atomic E-state index is 5.62. The smallest absolute Gasteiger partial charge is 0.325 e. The predicted octanol–water partition coefficient (Wildman–Crippen LogP) is 2.53. The predicted molar refractivity (Wildman–Crippen MR) is 59.2 cm³/mol. The lowest BCUT2D eigenvalue weighted by molar-refractivity contribution is -0.150. The second-order valence-electron chi connectivity index (χ2n) is 3.78. The molecule has 2 heterocycles. The van der Waals surface area contributed by atoms with E-state index in [4.69, 9.17) is 18.6 Å². The molecule has 0 N–H and O–H groups in total. The zero-order valence-corrected chi connectivity index (χ0v) is 9.47. The molecule has 0 aliphatic carbocycles. The molecule has 1 aliphatic rings. The molecule has 88 valence electrons. The highest BCUT2D eigenvalue weighted by atomic mass is 16.7. The fraction of sp³-hybridized carbons (Fsp3) is 0.250. The molecule has 0 spiro atoms. The number of para-hydroxylation sites is 1. The van der Waals surface area contributed by atoms with Crippen molar-refractivity contribution >= 4 is 11.1 Å². The molecule has 17 heavy (non-hydrogen) atoms. The number of hydrogen-bond acceptors (Lipinski definition) is 5. The molecule has 0 radical (unpaired) electrons. The minimum atomic E-state index is -0.996. The normalized spacial score (nSPS) is 16.8. The molecule has 0 saturated carbocycles. The van der Waals surface area contributed by atoms with Crippen LogP contribution in [0.1, 0.15) is 12.8 Å². The Morgan fingerprint density at radius 3 is 2.71 bits per heavy atom. The van der Waals surface area contributed by atoms with Crippen LogP contribution in [0.15, 0.2) is 35.1 Å². The lowest BCUT2D eigenvalue weighted by Crippen LogP contribution is -2.22. The molecule has 5 heteroatoms. The number of methoxy groups -OCH3 is 1. The summed E-state index contributed by atoms with van der Waals surface area (Å²) < 4.78 is 21.5. The highest BCUT2D eigenvalue weighted by Crippen LogP contribution is 2.35. The van der Waals surface area contributed by atoms with Crippen molar-refractivity contribution in [2.45, 2.75) is 12.7 Å². The first-order valence-corrected chi connectivity index (χ1v) is 5.17. The second kappa shape index (κ2) is 3.41. The summed E-state index contributed by atoms with van der Waals surface area (Å²) in [6, 6.07) is 5.48. The largest absolute Gasteiger partial charge is 0.494 e. The molecule has 1 aromatic carbocycles. The average Bonchev–Trinajstić information content (AvgIpc) is 2.95. The van der Waals surface area contributed by atoms with E-state index < -0.39 is 5.79 Å². The Morgan fingerprint density at radius 1 is 1.24 bits per heavy atom. The summed E-state index contributed by atoms with van der Waals surface area (Å²) in [6.45, 7) is 1.74. The van der Waals surface area contributed by atoms with Gasteiger partial charge >= 0.3 is 5.79 Å². The van der Waals surface area contributed by atoms with Crippen molar-refractivity contribution in [1.82, 2.24) is 4.98 Å². The van der Waals surface area contributed by atoms with E-state index in [9.17, 15) is 0 Å². The number of nitrogens with zero attached hydrogens (tertiary/aromatic N) is 1. The number of ether oxygens (including phenoxy) is 3. The van der Waals surface area contributed by atoms with Gasteiger partial charge in [-0.15, -0.1) is 0 Å². The van der Waals surface area contributed by atoms with Gasteiger partial charge in [0, 0.05) is 6.92 Å². The van der Waals surface area contributed by atoms with Crippen molar-refractivity contribution in [2.24, 2.45) is 0 Å². The number of oxazole rings is 1. The number of benzene rings is 1. The molecule has 0 atom stereocenters. The van der Waals surface area contributed by atoms with Crippen molar-refractivity contribution in [3.8, 4) is 5.75 Å². The molecule has 1 aliphatic heterocycles. The third kappa shape index (κ3) is 1.43. The molecule has 0 saturated heterocycles. The van der Waals surface area contributed by atoms with Gasteiger partial charge in [-0.1, -0.05) is 6.07 Å². The van der Waals surface area contributed by atoms with E-state index >= 15 is 0 Å². The Kier molecular flexibility index (Phi) is 2.01. The van der Waals surface area contributed by atoms with Gasteiger partial charge < -0.3 is 18.6 Å². The molecule has 1 aromatic heterocycles. The lowest BCUT2D eigenvalue weighted by Gasteiger charge is -2.18. The van der Waals surface area contributed by atoms with E-state index in [0.29, 0.717) is 22.7 Å². The minimum Gasteiger partial charge on any atom is -0.494 e. The Bertz CT molecular complexity index is 579. The van der Waals surface area contributed by atoms with Gasteiger partial charge in [-0.25, -0.2) is 4.98 Å². The molecule has 0 fully saturated rings. The summed E-state index contributed by atoms with van der Waals surface area (Å²) in [5.41, 5.74) is 1.30. The van der Waals surface area contributed by atoms with E-state index in [1.165, 1.54) is 12.5 Å². The van der Waals surface area contributed by atoms with Crippen molar-refractivity contribution in [2.75, 3.05) is 7.11 Å². The number of fused-ring (bicyclic) bond motifs is 1. The van der Waals surface area contributed by atoms with Gasteiger partial charge in [-0.05, 0) is 12.1 Å². The van der Waals surface area contributed by atoms with E-state index in [-0.39, 0.29) is 0 Å². The quantitative estimate of drug-likeness (QED) is 0.797. The summed E-state index contributed by atoms with van der Waals surface area (Å²) in [6.07, 6.45) is 2.93. The van der Waals surface area contributed by atoms with Crippen LogP contribution >= 0.6 is 0 Å². The zero-order chi connectivity index (χ0) is 11.9. The highest BCUT2D eigenvalue weighted by molar-refractivity contribution is 5.79. The van der Waals surface area contributed by atoms with Crippen LogP contribution < -0.4 is 4.74 Å². The standard InChI is InChI=1S/C12H11NO4/c1-12(15-6-7-16-12)11-13-10-8(14-2)4-3-5-9(10)17-11/h3-7H,1-2H3. The molecule has 3 rings (SSSR count).